The molecule has 0 radical (unpaired) electrons. The van der Waals surface area contributed by atoms with Gasteiger partial charge in [-0.25, -0.2) is 9.89 Å². The molecule has 2 aliphatic carbocycles. The number of halogens is 3. The first kappa shape index (κ1) is 29.0. The lowest BCUT2D eigenvalue weighted by atomic mass is 10.0. The highest BCUT2D eigenvalue weighted by Gasteiger charge is 2.66. The fraction of sp³-hybridized carbons (Fsp3) is 0.625. The maximum atomic E-state index is 13.1. The van der Waals surface area contributed by atoms with E-state index in [0.717, 1.165) is 12.8 Å². The minimum atomic E-state index is -4.88. The summed E-state index contributed by atoms with van der Waals surface area (Å²) in [5.41, 5.74) is -0.595. The number of aliphatic hydroxyl groups is 4. The molecule has 39 heavy (non-hydrogen) atoms. The fourth-order valence-corrected chi connectivity index (χ4v) is 7.21. The van der Waals surface area contributed by atoms with E-state index >= 15 is 0 Å². The molecule has 7 atom stereocenters. The van der Waals surface area contributed by atoms with E-state index in [4.69, 9.17) is 9.47 Å². The van der Waals surface area contributed by atoms with E-state index < -0.39 is 53.7 Å². The average molecular weight is 593 g/mol. The maximum absolute atomic E-state index is 13.1. The van der Waals surface area contributed by atoms with Crippen LogP contribution in [0.1, 0.15) is 31.1 Å². The second kappa shape index (κ2) is 11.0. The van der Waals surface area contributed by atoms with Crippen LogP contribution in [0.4, 0.5) is 13.2 Å². The molecule has 2 saturated carbocycles. The minimum absolute atomic E-state index is 0.111. The summed E-state index contributed by atoms with van der Waals surface area (Å²) in [4.78, 5) is 5.41. The second-order valence-electron chi connectivity index (χ2n) is 9.96. The molecule has 2 aliphatic heterocycles. The van der Waals surface area contributed by atoms with Crippen LogP contribution < -0.4 is 10.6 Å². The Morgan fingerprint density at radius 3 is 2.59 bits per heavy atom. The van der Waals surface area contributed by atoms with E-state index in [1.54, 1.807) is 58.0 Å². The van der Waals surface area contributed by atoms with Gasteiger partial charge in [-0.3, -0.25) is 5.32 Å². The number of nitrogens with one attached hydrogen (secondary N) is 2. The van der Waals surface area contributed by atoms with Crippen LogP contribution in [-0.4, -0.2) is 92.6 Å². The molecule has 15 heteroatoms. The number of nitrogens with zero attached hydrogens (tertiary/aromatic N) is 2. The molecule has 0 bridgehead atoms. The quantitative estimate of drug-likeness (QED) is 0.165. The molecule has 5 rings (SSSR count). The fourth-order valence-electron chi connectivity index (χ4n) is 4.99. The Morgan fingerprint density at radius 1 is 1.26 bits per heavy atom. The van der Waals surface area contributed by atoms with Crippen LogP contribution in [0.2, 0.25) is 0 Å². The molecule has 0 amide bonds. The van der Waals surface area contributed by atoms with Gasteiger partial charge in [0, 0.05) is 37.1 Å². The van der Waals surface area contributed by atoms with Gasteiger partial charge in [0.15, 0.2) is 11.2 Å². The van der Waals surface area contributed by atoms with Gasteiger partial charge in [-0.2, -0.15) is 13.2 Å². The number of amidine groups is 1. The first-order valence-corrected chi connectivity index (χ1v) is 15.0. The number of hydrogen-bond acceptors (Lipinski definition) is 12. The zero-order valence-electron chi connectivity index (χ0n) is 20.9. The Bertz CT molecular complexity index is 1100. The summed E-state index contributed by atoms with van der Waals surface area (Å²) in [6, 6.07) is 8.00. The van der Waals surface area contributed by atoms with E-state index in [0.29, 0.717) is 11.3 Å². The predicted octanol–water partition coefficient (Wildman–Crippen LogP) is 1.61. The normalized spacial score (nSPS) is 33.0. The van der Waals surface area contributed by atoms with Crippen molar-refractivity contribution < 1.29 is 43.1 Å². The minimum Gasteiger partial charge on any atom is -0.477 e. The molecular formula is C24H31F3N4O6S2. The highest BCUT2D eigenvalue weighted by molar-refractivity contribution is 8.77. The summed E-state index contributed by atoms with van der Waals surface area (Å²) in [5.74, 6) is 0.540. The van der Waals surface area contributed by atoms with E-state index in [1.807, 2.05) is 6.26 Å². The highest BCUT2D eigenvalue weighted by atomic mass is 33.1. The summed E-state index contributed by atoms with van der Waals surface area (Å²) in [6.07, 6.45) is -6.45. The Kier molecular flexibility index (Phi) is 8.18. The van der Waals surface area contributed by atoms with E-state index in [2.05, 4.69) is 15.6 Å². The van der Waals surface area contributed by atoms with Crippen molar-refractivity contribution in [2.75, 3.05) is 19.4 Å². The van der Waals surface area contributed by atoms with Gasteiger partial charge in [0.25, 0.3) is 0 Å². The van der Waals surface area contributed by atoms with Gasteiger partial charge in [0.2, 0.25) is 12.6 Å². The molecule has 2 fully saturated rings. The van der Waals surface area contributed by atoms with Crippen molar-refractivity contribution in [1.82, 2.24) is 15.5 Å². The Hall–Kier alpha value is -1.56. The third kappa shape index (κ3) is 5.92. The van der Waals surface area contributed by atoms with Gasteiger partial charge in [0.05, 0.1) is 12.0 Å². The van der Waals surface area contributed by atoms with Crippen LogP contribution >= 0.6 is 21.6 Å². The molecule has 0 spiro atoms. The predicted molar refractivity (Wildman–Crippen MR) is 139 cm³/mol. The maximum Gasteiger partial charge on any atom is 0.427 e. The molecule has 0 aromatic heterocycles. The number of rotatable bonds is 11. The van der Waals surface area contributed by atoms with Gasteiger partial charge in [-0.1, -0.05) is 41.1 Å². The molecule has 0 saturated heterocycles. The zero-order chi connectivity index (χ0) is 28.0. The first-order valence-electron chi connectivity index (χ1n) is 12.4. The summed E-state index contributed by atoms with van der Waals surface area (Å²) in [7, 11) is 3.15. The molecule has 1 aromatic carbocycles. The van der Waals surface area contributed by atoms with Crippen LogP contribution in [0, 0.1) is 5.41 Å². The lowest BCUT2D eigenvalue weighted by molar-refractivity contribution is -0.214. The second-order valence-corrected chi connectivity index (χ2v) is 12.7. The van der Waals surface area contributed by atoms with Gasteiger partial charge in [0.1, 0.15) is 23.9 Å². The Balaban J connectivity index is 1.39. The number of benzene rings is 1. The zero-order valence-corrected chi connectivity index (χ0v) is 22.5. The van der Waals surface area contributed by atoms with Crippen molar-refractivity contribution >= 4 is 27.4 Å². The van der Waals surface area contributed by atoms with E-state index in [9.17, 15) is 33.6 Å². The van der Waals surface area contributed by atoms with Crippen LogP contribution in [0.5, 0.6) is 0 Å². The molecule has 4 aliphatic rings. The molecule has 1 aromatic rings. The van der Waals surface area contributed by atoms with Crippen LogP contribution in [0.3, 0.4) is 0 Å². The van der Waals surface area contributed by atoms with Crippen molar-refractivity contribution in [1.29, 1.82) is 0 Å². The summed E-state index contributed by atoms with van der Waals surface area (Å²) >= 11 is 0. The van der Waals surface area contributed by atoms with Crippen LogP contribution in [0.15, 0.2) is 47.2 Å². The molecule has 216 valence electrons. The number of fused-ring (bicyclic) bond motifs is 1. The summed E-state index contributed by atoms with van der Waals surface area (Å²) < 4.78 is 51.3. The lowest BCUT2D eigenvalue weighted by Gasteiger charge is -2.38. The SMILES string of the molecule is CSSC1(OC2=CC(N3C(O)N=C(NC(O)c4ccccc4)C4(CNC(O)C(F)(F)F)CC34)OC2CO)CC1. The Morgan fingerprint density at radius 2 is 1.97 bits per heavy atom. The molecular weight excluding hydrogens is 561 g/mol. The third-order valence-corrected chi connectivity index (χ3v) is 9.65. The molecule has 6 N–H and O–H groups in total. The number of aliphatic imine (C=N–C) groups is 1. The van der Waals surface area contributed by atoms with Crippen molar-refractivity contribution in [3.8, 4) is 0 Å². The molecule has 2 heterocycles. The standard InChI is InChI=1S/C24H31F3N4O6S2/c1-38-39-23(7-8-23)37-14-9-17(36-15(14)11-32)31-16-10-22(16,12-28-20(34)24(25,26)27)19(30-21(31)35)29-18(33)13-5-3-2-4-6-13/h2-6,9,15-18,20-21,28,32-35H,7-8,10-12H2,1H3,(H,29,30). The largest absolute Gasteiger partial charge is 0.477 e. The Labute approximate surface area is 231 Å². The van der Waals surface area contributed by atoms with Gasteiger partial charge >= 0.3 is 6.18 Å². The third-order valence-electron chi connectivity index (χ3n) is 7.27. The average Bonchev–Trinajstić information content (AvgIpc) is 3.79. The summed E-state index contributed by atoms with van der Waals surface area (Å²) in [6.45, 7) is -0.702. The highest BCUT2D eigenvalue weighted by Crippen LogP contribution is 2.57. The van der Waals surface area contributed by atoms with Gasteiger partial charge < -0.3 is 35.2 Å². The molecule has 7 unspecified atom stereocenters. The van der Waals surface area contributed by atoms with Crippen LogP contribution in [-0.2, 0) is 9.47 Å². The number of ether oxygens (including phenoxy) is 2. The van der Waals surface area contributed by atoms with Crippen LogP contribution in [0.25, 0.3) is 0 Å². The van der Waals surface area contributed by atoms with E-state index in [-0.39, 0.29) is 25.4 Å². The van der Waals surface area contributed by atoms with E-state index in [1.165, 1.54) is 4.90 Å². The van der Waals surface area contributed by atoms with Gasteiger partial charge in [-0.15, -0.1) is 0 Å². The number of hydrogen-bond donors (Lipinski definition) is 6. The summed E-state index contributed by atoms with van der Waals surface area (Å²) in [5, 5.41) is 46.2. The first-order chi connectivity index (χ1) is 18.5. The lowest BCUT2D eigenvalue weighted by Crippen LogP contribution is -2.56. The van der Waals surface area contributed by atoms with Crippen molar-refractivity contribution in [2.24, 2.45) is 10.4 Å². The smallest absolute Gasteiger partial charge is 0.427 e. The topological polar surface area (TPSA) is 139 Å². The monoisotopic (exact) mass is 592 g/mol. The number of aliphatic hydroxyl groups excluding tert-OH is 4. The van der Waals surface area contributed by atoms with Crippen molar-refractivity contribution in [3.05, 3.63) is 47.7 Å². The van der Waals surface area contributed by atoms with Gasteiger partial charge in [-0.05, 0) is 23.5 Å². The van der Waals surface area contributed by atoms with Crippen molar-refractivity contribution in [3.63, 3.8) is 0 Å². The van der Waals surface area contributed by atoms with Crippen molar-refractivity contribution in [2.45, 2.75) is 67.6 Å². The number of alkyl halides is 3. The molecule has 10 nitrogen and oxygen atoms in total.